The van der Waals surface area contributed by atoms with E-state index in [2.05, 4.69) is 6.92 Å². The summed E-state index contributed by atoms with van der Waals surface area (Å²) in [6, 6.07) is 6.39. The molecule has 0 aromatic heterocycles. The Hall–Kier alpha value is -1.56. The van der Waals surface area contributed by atoms with Gasteiger partial charge in [0.1, 0.15) is 23.2 Å². The lowest BCUT2D eigenvalue weighted by Crippen LogP contribution is -2.20. The molecule has 18 heavy (non-hydrogen) atoms. The molecule has 2 rings (SSSR count). The number of hydrogen-bond donors (Lipinski definition) is 0. The minimum atomic E-state index is -0.507. The van der Waals surface area contributed by atoms with Crippen LogP contribution in [-0.2, 0) is 0 Å². The average molecular weight is 247 g/mol. The van der Waals surface area contributed by atoms with Gasteiger partial charge in [0.05, 0.1) is 6.61 Å². The lowest BCUT2D eigenvalue weighted by Gasteiger charge is -2.26. The van der Waals surface area contributed by atoms with Crippen molar-refractivity contribution in [3.8, 4) is 11.8 Å². The largest absolute Gasteiger partial charge is 0.492 e. The van der Waals surface area contributed by atoms with Crippen LogP contribution in [0.3, 0.4) is 0 Å². The van der Waals surface area contributed by atoms with E-state index in [4.69, 9.17) is 10.00 Å². The number of nitriles is 1. The van der Waals surface area contributed by atoms with Crippen molar-refractivity contribution in [3.63, 3.8) is 0 Å². The molecule has 0 bridgehead atoms. The molecule has 2 atom stereocenters. The highest BCUT2D eigenvalue weighted by Gasteiger charge is 2.20. The summed E-state index contributed by atoms with van der Waals surface area (Å²) >= 11 is 0. The predicted molar refractivity (Wildman–Crippen MR) is 67.7 cm³/mol. The molecule has 0 saturated heterocycles. The van der Waals surface area contributed by atoms with Crippen LogP contribution in [0.4, 0.5) is 4.39 Å². The summed E-state index contributed by atoms with van der Waals surface area (Å²) in [6.45, 7) is 2.84. The van der Waals surface area contributed by atoms with Crippen molar-refractivity contribution in [1.82, 2.24) is 0 Å². The second kappa shape index (κ2) is 5.86. The number of ether oxygens (including phenoxy) is 1. The van der Waals surface area contributed by atoms with Gasteiger partial charge in [-0.25, -0.2) is 4.39 Å². The number of benzene rings is 1. The molecule has 2 nitrogen and oxygen atoms in total. The van der Waals surface area contributed by atoms with E-state index >= 15 is 0 Å². The monoisotopic (exact) mass is 247 g/mol. The van der Waals surface area contributed by atoms with Gasteiger partial charge in [0.15, 0.2) is 0 Å². The highest BCUT2D eigenvalue weighted by Crippen LogP contribution is 2.29. The topological polar surface area (TPSA) is 33.0 Å². The highest BCUT2D eigenvalue weighted by atomic mass is 19.1. The van der Waals surface area contributed by atoms with Crippen molar-refractivity contribution in [2.75, 3.05) is 6.61 Å². The quantitative estimate of drug-likeness (QED) is 0.811. The van der Waals surface area contributed by atoms with Crippen LogP contribution in [-0.4, -0.2) is 6.61 Å². The molecular weight excluding hydrogens is 229 g/mol. The zero-order valence-corrected chi connectivity index (χ0v) is 10.7. The molecule has 0 spiro atoms. The highest BCUT2D eigenvalue weighted by molar-refractivity contribution is 5.43. The number of rotatable bonds is 3. The van der Waals surface area contributed by atoms with Gasteiger partial charge in [-0.2, -0.15) is 5.26 Å². The van der Waals surface area contributed by atoms with Crippen LogP contribution < -0.4 is 4.74 Å². The summed E-state index contributed by atoms with van der Waals surface area (Å²) in [7, 11) is 0. The SMILES string of the molecule is CC1CCCC(COc2cccc(F)c2C#N)C1. The van der Waals surface area contributed by atoms with Crippen molar-refractivity contribution >= 4 is 0 Å². The minimum Gasteiger partial charge on any atom is -0.492 e. The summed E-state index contributed by atoms with van der Waals surface area (Å²) in [5, 5.41) is 8.91. The third kappa shape index (κ3) is 3.01. The van der Waals surface area contributed by atoms with Gasteiger partial charge >= 0.3 is 0 Å². The van der Waals surface area contributed by atoms with Gasteiger partial charge in [0, 0.05) is 0 Å². The molecule has 3 heteroatoms. The first-order chi connectivity index (χ1) is 8.70. The molecule has 96 valence electrons. The summed E-state index contributed by atoms with van der Waals surface area (Å²) in [5.41, 5.74) is 0.0151. The molecule has 1 aliphatic carbocycles. The Morgan fingerprint density at radius 3 is 3.00 bits per heavy atom. The fourth-order valence-corrected chi connectivity index (χ4v) is 2.65. The third-order valence-corrected chi connectivity index (χ3v) is 3.61. The van der Waals surface area contributed by atoms with Crippen LogP contribution in [0.25, 0.3) is 0 Å². The fraction of sp³-hybridized carbons (Fsp3) is 0.533. The van der Waals surface area contributed by atoms with Gasteiger partial charge in [-0.15, -0.1) is 0 Å². The van der Waals surface area contributed by atoms with Crippen molar-refractivity contribution in [3.05, 3.63) is 29.6 Å². The van der Waals surface area contributed by atoms with Crippen molar-refractivity contribution < 1.29 is 9.13 Å². The first-order valence-electron chi connectivity index (χ1n) is 6.52. The molecule has 1 aromatic rings. The van der Waals surface area contributed by atoms with Gasteiger partial charge in [-0.3, -0.25) is 0 Å². The summed E-state index contributed by atoms with van der Waals surface area (Å²) < 4.78 is 19.0. The van der Waals surface area contributed by atoms with E-state index in [1.165, 1.54) is 25.3 Å². The molecule has 1 saturated carbocycles. The van der Waals surface area contributed by atoms with E-state index in [9.17, 15) is 4.39 Å². The first kappa shape index (κ1) is 12.9. The third-order valence-electron chi connectivity index (χ3n) is 3.61. The van der Waals surface area contributed by atoms with Crippen LogP contribution in [0.15, 0.2) is 18.2 Å². The molecule has 1 aliphatic rings. The van der Waals surface area contributed by atoms with E-state index in [-0.39, 0.29) is 5.56 Å². The molecule has 0 N–H and O–H groups in total. The van der Waals surface area contributed by atoms with Crippen molar-refractivity contribution in [2.24, 2.45) is 11.8 Å². The molecule has 0 heterocycles. The van der Waals surface area contributed by atoms with Crippen molar-refractivity contribution in [2.45, 2.75) is 32.6 Å². The van der Waals surface area contributed by atoms with Crippen LogP contribution in [0, 0.1) is 29.0 Å². The maximum atomic E-state index is 13.4. The van der Waals surface area contributed by atoms with E-state index in [0.29, 0.717) is 18.3 Å². The van der Waals surface area contributed by atoms with Crippen LogP contribution >= 0.6 is 0 Å². The summed E-state index contributed by atoms with van der Waals surface area (Å²) in [4.78, 5) is 0. The standard InChI is InChI=1S/C15H18FNO/c1-11-4-2-5-12(8-11)10-18-15-7-3-6-14(16)13(15)9-17/h3,6-7,11-12H,2,4-5,8,10H2,1H3. The number of halogens is 1. The summed E-state index contributed by atoms with van der Waals surface area (Å²) in [6.07, 6.45) is 4.86. The maximum absolute atomic E-state index is 13.4. The Kier molecular flexibility index (Phi) is 4.19. The molecule has 0 aliphatic heterocycles. The molecule has 0 radical (unpaired) electrons. The fourth-order valence-electron chi connectivity index (χ4n) is 2.65. The Bertz CT molecular complexity index is 452. The van der Waals surface area contributed by atoms with Crippen LogP contribution in [0.2, 0.25) is 0 Å². The molecule has 2 unspecified atom stereocenters. The normalized spacial score (nSPS) is 23.4. The number of hydrogen-bond acceptors (Lipinski definition) is 2. The Balaban J connectivity index is 1.98. The molecular formula is C15H18FNO. The smallest absolute Gasteiger partial charge is 0.144 e. The van der Waals surface area contributed by atoms with E-state index in [0.717, 1.165) is 12.3 Å². The van der Waals surface area contributed by atoms with Gasteiger partial charge in [0.2, 0.25) is 0 Å². The lowest BCUT2D eigenvalue weighted by molar-refractivity contribution is 0.181. The van der Waals surface area contributed by atoms with E-state index in [1.807, 2.05) is 6.07 Å². The maximum Gasteiger partial charge on any atom is 0.144 e. The summed E-state index contributed by atoms with van der Waals surface area (Å²) in [5.74, 6) is 1.14. The number of nitrogens with zero attached hydrogens (tertiary/aromatic N) is 1. The molecule has 1 aromatic carbocycles. The second-order valence-corrected chi connectivity index (χ2v) is 5.17. The van der Waals surface area contributed by atoms with Gasteiger partial charge < -0.3 is 4.74 Å². The van der Waals surface area contributed by atoms with Crippen LogP contribution in [0.5, 0.6) is 5.75 Å². The zero-order valence-electron chi connectivity index (χ0n) is 10.7. The Labute approximate surface area is 107 Å². The van der Waals surface area contributed by atoms with E-state index < -0.39 is 5.82 Å². The van der Waals surface area contributed by atoms with Crippen molar-refractivity contribution in [1.29, 1.82) is 5.26 Å². The van der Waals surface area contributed by atoms with Gasteiger partial charge in [-0.1, -0.05) is 25.8 Å². The van der Waals surface area contributed by atoms with Gasteiger partial charge in [-0.05, 0) is 36.8 Å². The van der Waals surface area contributed by atoms with Crippen LogP contribution in [0.1, 0.15) is 38.2 Å². The first-order valence-corrected chi connectivity index (χ1v) is 6.52. The van der Waals surface area contributed by atoms with Gasteiger partial charge in [0.25, 0.3) is 0 Å². The minimum absolute atomic E-state index is 0.0151. The average Bonchev–Trinajstić information content (AvgIpc) is 2.36. The lowest BCUT2D eigenvalue weighted by atomic mass is 9.83. The molecule has 0 amide bonds. The Morgan fingerprint density at radius 1 is 1.44 bits per heavy atom. The Morgan fingerprint density at radius 2 is 2.28 bits per heavy atom. The molecule has 1 fully saturated rings. The predicted octanol–water partition coefficient (Wildman–Crippen LogP) is 3.90. The second-order valence-electron chi connectivity index (χ2n) is 5.17. The van der Waals surface area contributed by atoms with E-state index in [1.54, 1.807) is 12.1 Å². The zero-order chi connectivity index (χ0) is 13.0.